The van der Waals surface area contributed by atoms with E-state index in [1.54, 1.807) is 0 Å². The second-order valence-electron chi connectivity index (χ2n) is 4.69. The van der Waals surface area contributed by atoms with Gasteiger partial charge in [0, 0.05) is 29.0 Å². The Labute approximate surface area is 123 Å². The fraction of sp³-hybridized carbons (Fsp3) is 0.312. The number of nitrogens with zero attached hydrogens (tertiary/aromatic N) is 1. The molecule has 0 radical (unpaired) electrons. The van der Waals surface area contributed by atoms with Crippen LogP contribution in [0.2, 0.25) is 0 Å². The van der Waals surface area contributed by atoms with E-state index < -0.39 is 0 Å². The Morgan fingerprint density at radius 3 is 2.63 bits per heavy atom. The van der Waals surface area contributed by atoms with Gasteiger partial charge in [0.1, 0.15) is 0 Å². The third kappa shape index (κ3) is 3.88. The molecule has 2 rings (SSSR count). The maximum Gasteiger partial charge on any atom is 0.0323 e. The van der Waals surface area contributed by atoms with Crippen molar-refractivity contribution >= 4 is 15.9 Å². The number of hydrogen-bond acceptors (Lipinski definition) is 2. The van der Waals surface area contributed by atoms with E-state index in [1.807, 2.05) is 18.5 Å². The first-order valence-electron chi connectivity index (χ1n) is 6.62. The number of nitrogens with one attached hydrogen (secondary N) is 1. The molecule has 0 amide bonds. The molecule has 2 atom stereocenters. The summed E-state index contributed by atoms with van der Waals surface area (Å²) in [5.74, 6) is 0. The molecule has 0 fully saturated rings. The van der Waals surface area contributed by atoms with Gasteiger partial charge in [-0.1, -0.05) is 41.1 Å². The summed E-state index contributed by atoms with van der Waals surface area (Å²) in [6.07, 6.45) is 4.79. The number of rotatable bonds is 5. The van der Waals surface area contributed by atoms with Crippen LogP contribution in [0.15, 0.2) is 53.3 Å². The zero-order valence-corrected chi connectivity index (χ0v) is 12.9. The van der Waals surface area contributed by atoms with E-state index >= 15 is 0 Å². The summed E-state index contributed by atoms with van der Waals surface area (Å²) >= 11 is 3.53. The third-order valence-corrected chi connectivity index (χ3v) is 3.79. The first-order chi connectivity index (χ1) is 9.20. The Bertz CT molecular complexity index is 513. The van der Waals surface area contributed by atoms with E-state index in [9.17, 15) is 0 Å². The van der Waals surface area contributed by atoms with Gasteiger partial charge in [0.15, 0.2) is 0 Å². The molecule has 0 saturated carbocycles. The molecule has 2 unspecified atom stereocenters. The third-order valence-electron chi connectivity index (χ3n) is 3.29. The van der Waals surface area contributed by atoms with Gasteiger partial charge in [-0.15, -0.1) is 0 Å². The molecule has 19 heavy (non-hydrogen) atoms. The second kappa shape index (κ2) is 6.83. The first kappa shape index (κ1) is 14.2. The topological polar surface area (TPSA) is 24.9 Å². The molecule has 0 bridgehead atoms. The smallest absolute Gasteiger partial charge is 0.0323 e. The molecule has 2 nitrogen and oxygen atoms in total. The molecule has 1 aromatic heterocycles. The fourth-order valence-electron chi connectivity index (χ4n) is 2.20. The van der Waals surface area contributed by atoms with Gasteiger partial charge in [-0.05, 0) is 42.7 Å². The van der Waals surface area contributed by atoms with Crippen LogP contribution < -0.4 is 5.32 Å². The molecular formula is C16H19BrN2. The largest absolute Gasteiger partial charge is 0.303 e. The van der Waals surface area contributed by atoms with Gasteiger partial charge in [-0.25, -0.2) is 0 Å². The van der Waals surface area contributed by atoms with Gasteiger partial charge in [0.05, 0.1) is 0 Å². The molecule has 0 spiro atoms. The Kier molecular flexibility index (Phi) is 5.11. The van der Waals surface area contributed by atoms with E-state index in [2.05, 4.69) is 70.4 Å². The molecule has 0 saturated heterocycles. The van der Waals surface area contributed by atoms with Crippen molar-refractivity contribution < 1.29 is 0 Å². The van der Waals surface area contributed by atoms with Gasteiger partial charge in [-0.2, -0.15) is 0 Å². The van der Waals surface area contributed by atoms with Gasteiger partial charge in [-0.3, -0.25) is 4.98 Å². The average Bonchev–Trinajstić information content (AvgIpc) is 2.45. The number of aromatic nitrogens is 1. The second-order valence-corrected chi connectivity index (χ2v) is 5.61. The van der Waals surface area contributed by atoms with Crippen molar-refractivity contribution in [3.8, 4) is 0 Å². The van der Waals surface area contributed by atoms with Crippen molar-refractivity contribution in [1.82, 2.24) is 10.3 Å². The summed E-state index contributed by atoms with van der Waals surface area (Å²) in [6.45, 7) is 4.38. The van der Waals surface area contributed by atoms with E-state index in [-0.39, 0.29) is 6.04 Å². The fourth-order valence-corrected chi connectivity index (χ4v) is 2.62. The van der Waals surface area contributed by atoms with Gasteiger partial charge in [0.25, 0.3) is 0 Å². The predicted octanol–water partition coefficient (Wildman–Crippen LogP) is 4.65. The van der Waals surface area contributed by atoms with Gasteiger partial charge in [0.2, 0.25) is 0 Å². The Hall–Kier alpha value is -1.19. The molecule has 1 N–H and O–H groups in total. The van der Waals surface area contributed by atoms with E-state index in [0.29, 0.717) is 6.04 Å². The SMILES string of the molecule is CCC(NC(C)c1cccnc1)c1cccc(Br)c1. The number of halogens is 1. The molecule has 1 aromatic carbocycles. The maximum atomic E-state index is 4.18. The molecular weight excluding hydrogens is 300 g/mol. The lowest BCUT2D eigenvalue weighted by atomic mass is 10.0. The summed E-state index contributed by atoms with van der Waals surface area (Å²) in [4.78, 5) is 4.18. The predicted molar refractivity (Wildman–Crippen MR) is 83.0 cm³/mol. The quantitative estimate of drug-likeness (QED) is 0.868. The van der Waals surface area contributed by atoms with Gasteiger partial charge >= 0.3 is 0 Å². The highest BCUT2D eigenvalue weighted by Crippen LogP contribution is 2.24. The molecule has 0 aliphatic rings. The average molecular weight is 319 g/mol. The Morgan fingerprint density at radius 2 is 2.00 bits per heavy atom. The minimum absolute atomic E-state index is 0.289. The lowest BCUT2D eigenvalue weighted by Crippen LogP contribution is -2.24. The highest BCUT2D eigenvalue weighted by molar-refractivity contribution is 9.10. The zero-order valence-electron chi connectivity index (χ0n) is 11.3. The highest BCUT2D eigenvalue weighted by atomic mass is 79.9. The normalized spacial score (nSPS) is 14.1. The van der Waals surface area contributed by atoms with E-state index in [1.165, 1.54) is 11.1 Å². The summed E-state index contributed by atoms with van der Waals surface area (Å²) in [5.41, 5.74) is 2.53. The van der Waals surface area contributed by atoms with Crippen molar-refractivity contribution in [3.63, 3.8) is 0 Å². The van der Waals surface area contributed by atoms with Crippen LogP contribution in [0.1, 0.15) is 43.5 Å². The van der Waals surface area contributed by atoms with Crippen LogP contribution in [0.5, 0.6) is 0 Å². The van der Waals surface area contributed by atoms with Crippen LogP contribution in [0.4, 0.5) is 0 Å². The lowest BCUT2D eigenvalue weighted by Gasteiger charge is -2.23. The Morgan fingerprint density at radius 1 is 1.21 bits per heavy atom. The monoisotopic (exact) mass is 318 g/mol. The van der Waals surface area contributed by atoms with Crippen LogP contribution in [0.3, 0.4) is 0 Å². The van der Waals surface area contributed by atoms with Crippen LogP contribution >= 0.6 is 15.9 Å². The number of pyridine rings is 1. The van der Waals surface area contributed by atoms with Crippen LogP contribution in [0.25, 0.3) is 0 Å². The molecule has 1 heterocycles. The molecule has 0 aliphatic heterocycles. The highest BCUT2D eigenvalue weighted by Gasteiger charge is 2.13. The summed E-state index contributed by atoms with van der Waals surface area (Å²) in [5, 5.41) is 3.67. The van der Waals surface area contributed by atoms with E-state index in [0.717, 1.165) is 10.9 Å². The maximum absolute atomic E-state index is 4.18. The van der Waals surface area contributed by atoms with Crippen LogP contribution in [-0.2, 0) is 0 Å². The number of benzene rings is 1. The van der Waals surface area contributed by atoms with Gasteiger partial charge < -0.3 is 5.32 Å². The zero-order chi connectivity index (χ0) is 13.7. The molecule has 2 aromatic rings. The number of hydrogen-bond donors (Lipinski definition) is 1. The van der Waals surface area contributed by atoms with E-state index in [4.69, 9.17) is 0 Å². The van der Waals surface area contributed by atoms with Crippen molar-refractivity contribution in [1.29, 1.82) is 0 Å². The molecule has 100 valence electrons. The first-order valence-corrected chi connectivity index (χ1v) is 7.41. The van der Waals surface area contributed by atoms with Crippen molar-refractivity contribution in [2.45, 2.75) is 32.4 Å². The lowest BCUT2D eigenvalue weighted by molar-refractivity contribution is 0.455. The van der Waals surface area contributed by atoms with Crippen molar-refractivity contribution in [3.05, 3.63) is 64.4 Å². The standard InChI is InChI=1S/C16H19BrN2/c1-3-16(13-6-4-8-15(17)10-13)19-12(2)14-7-5-9-18-11-14/h4-12,16,19H,3H2,1-2H3. The summed E-state index contributed by atoms with van der Waals surface area (Å²) in [6, 6.07) is 13.2. The molecule has 0 aliphatic carbocycles. The summed E-state index contributed by atoms with van der Waals surface area (Å²) < 4.78 is 1.12. The Balaban J connectivity index is 2.11. The summed E-state index contributed by atoms with van der Waals surface area (Å²) in [7, 11) is 0. The minimum atomic E-state index is 0.289. The van der Waals surface area contributed by atoms with Crippen molar-refractivity contribution in [2.75, 3.05) is 0 Å². The van der Waals surface area contributed by atoms with Crippen LogP contribution in [-0.4, -0.2) is 4.98 Å². The molecule has 3 heteroatoms. The van der Waals surface area contributed by atoms with Crippen molar-refractivity contribution in [2.24, 2.45) is 0 Å². The van der Waals surface area contributed by atoms with Crippen LogP contribution in [0, 0.1) is 0 Å². The minimum Gasteiger partial charge on any atom is -0.303 e.